The number of hydrogen-bond donors (Lipinski definition) is 1. The molecular formula is C24H16ClF2N5O3S2. The number of thiazole rings is 1. The summed E-state index contributed by atoms with van der Waals surface area (Å²) in [5.74, 6) is -1.44. The predicted octanol–water partition coefficient (Wildman–Crippen LogP) is 6.13. The third-order valence-electron chi connectivity index (χ3n) is 5.20. The van der Waals surface area contributed by atoms with E-state index < -0.39 is 26.6 Å². The van der Waals surface area contributed by atoms with E-state index in [0.717, 1.165) is 12.1 Å². The van der Waals surface area contributed by atoms with Crippen molar-refractivity contribution in [3.05, 3.63) is 88.6 Å². The fourth-order valence-electron chi connectivity index (χ4n) is 3.49. The van der Waals surface area contributed by atoms with E-state index in [2.05, 4.69) is 19.8 Å². The molecule has 0 fully saturated rings. The summed E-state index contributed by atoms with van der Waals surface area (Å²) >= 11 is 7.48. The molecule has 5 rings (SSSR count). The van der Waals surface area contributed by atoms with Gasteiger partial charge < -0.3 is 4.74 Å². The molecule has 0 spiro atoms. The predicted molar refractivity (Wildman–Crippen MR) is 136 cm³/mol. The zero-order chi connectivity index (χ0) is 26.2. The van der Waals surface area contributed by atoms with Crippen LogP contribution in [0.3, 0.4) is 0 Å². The van der Waals surface area contributed by atoms with Crippen molar-refractivity contribution < 1.29 is 21.9 Å². The molecule has 1 N–H and O–H groups in total. The summed E-state index contributed by atoms with van der Waals surface area (Å²) in [6.45, 7) is 0. The fraction of sp³-hybridized carbons (Fsp3) is 0.0417. The molecule has 5 aromatic rings. The van der Waals surface area contributed by atoms with Crippen molar-refractivity contribution in [2.75, 3.05) is 4.72 Å². The normalized spacial score (nSPS) is 11.5. The summed E-state index contributed by atoms with van der Waals surface area (Å²) < 4.78 is 64.3. The second-order valence-electron chi connectivity index (χ2n) is 7.74. The monoisotopic (exact) mass is 559 g/mol. The maximum Gasteiger partial charge on any atom is 0.266 e. The van der Waals surface area contributed by atoms with Gasteiger partial charge in [-0.2, -0.15) is 5.10 Å². The Morgan fingerprint density at radius 3 is 2.54 bits per heavy atom. The van der Waals surface area contributed by atoms with E-state index in [9.17, 15) is 17.2 Å². The topological polar surface area (TPSA) is 99.0 Å². The van der Waals surface area contributed by atoms with Gasteiger partial charge in [-0.3, -0.25) is 14.4 Å². The second-order valence-corrected chi connectivity index (χ2v) is 10.5. The van der Waals surface area contributed by atoms with E-state index in [1.165, 1.54) is 34.5 Å². The zero-order valence-electron chi connectivity index (χ0n) is 18.9. The number of nitrogens with one attached hydrogen (secondary N) is 1. The average molecular weight is 560 g/mol. The molecule has 0 amide bonds. The standard InChI is InChI=1S/C24H16ClF2N5O3S2/c1-32-11-14(9-30-32)16-6-20(15-4-2-3-5-18(15)26)28-10-22(16)35-21-8-19(27)23(7-17(21)25)37(33,34)31-24-12-36-13-29-24/h2-13,31H,1H3. The highest BCUT2D eigenvalue weighted by Gasteiger charge is 2.24. The number of anilines is 1. The zero-order valence-corrected chi connectivity index (χ0v) is 21.3. The number of halogens is 3. The molecule has 0 aliphatic carbocycles. The van der Waals surface area contributed by atoms with Crippen molar-refractivity contribution in [3.8, 4) is 33.9 Å². The molecule has 2 aromatic carbocycles. The highest BCUT2D eigenvalue weighted by atomic mass is 35.5. The third-order valence-corrected chi connectivity index (χ3v) is 7.45. The number of sulfonamides is 1. The lowest BCUT2D eigenvalue weighted by atomic mass is 10.0. The van der Waals surface area contributed by atoms with Gasteiger partial charge in [-0.05, 0) is 24.3 Å². The molecular weight excluding hydrogens is 544 g/mol. The van der Waals surface area contributed by atoms with Crippen LogP contribution in [0, 0.1) is 11.6 Å². The molecule has 0 saturated carbocycles. The molecule has 0 saturated heterocycles. The minimum Gasteiger partial charge on any atom is -0.453 e. The lowest BCUT2D eigenvalue weighted by molar-refractivity contribution is 0.473. The van der Waals surface area contributed by atoms with Crippen molar-refractivity contribution in [1.29, 1.82) is 0 Å². The van der Waals surface area contributed by atoms with E-state index in [4.69, 9.17) is 16.3 Å². The Labute approximate surface area is 219 Å². The highest BCUT2D eigenvalue weighted by molar-refractivity contribution is 7.92. The number of aryl methyl sites for hydroxylation is 1. The largest absolute Gasteiger partial charge is 0.453 e. The summed E-state index contributed by atoms with van der Waals surface area (Å²) in [6, 6.07) is 9.62. The van der Waals surface area contributed by atoms with Gasteiger partial charge in [0.25, 0.3) is 10.0 Å². The molecule has 0 bridgehead atoms. The molecule has 0 unspecified atom stereocenters. The van der Waals surface area contributed by atoms with Gasteiger partial charge in [0.15, 0.2) is 11.6 Å². The molecule has 0 aliphatic heterocycles. The smallest absolute Gasteiger partial charge is 0.266 e. The Morgan fingerprint density at radius 1 is 1.03 bits per heavy atom. The Kier molecular flexibility index (Phi) is 6.63. The molecule has 13 heteroatoms. The van der Waals surface area contributed by atoms with Crippen molar-refractivity contribution in [2.24, 2.45) is 7.05 Å². The Morgan fingerprint density at radius 2 is 1.84 bits per heavy atom. The minimum absolute atomic E-state index is 0.0583. The maximum absolute atomic E-state index is 15.0. The van der Waals surface area contributed by atoms with Crippen LogP contribution in [-0.2, 0) is 17.1 Å². The van der Waals surface area contributed by atoms with Gasteiger partial charge in [-0.25, -0.2) is 22.2 Å². The highest BCUT2D eigenvalue weighted by Crippen LogP contribution is 2.39. The van der Waals surface area contributed by atoms with E-state index in [1.807, 2.05) is 0 Å². The third kappa shape index (κ3) is 5.17. The number of nitrogens with zero attached hydrogens (tertiary/aromatic N) is 4. The van der Waals surface area contributed by atoms with Gasteiger partial charge in [0.05, 0.1) is 28.6 Å². The van der Waals surface area contributed by atoms with E-state index in [-0.39, 0.29) is 27.9 Å². The molecule has 188 valence electrons. The first kappa shape index (κ1) is 24.8. The number of pyridine rings is 1. The van der Waals surface area contributed by atoms with Crippen LogP contribution in [0.2, 0.25) is 5.02 Å². The molecule has 8 nitrogen and oxygen atoms in total. The van der Waals surface area contributed by atoms with Gasteiger partial charge in [0.1, 0.15) is 22.3 Å². The second kappa shape index (κ2) is 9.88. The molecule has 37 heavy (non-hydrogen) atoms. The van der Waals surface area contributed by atoms with Crippen molar-refractivity contribution in [3.63, 3.8) is 0 Å². The van der Waals surface area contributed by atoms with Crippen LogP contribution >= 0.6 is 22.9 Å². The first-order chi connectivity index (χ1) is 17.7. The first-order valence-corrected chi connectivity index (χ1v) is 13.3. The van der Waals surface area contributed by atoms with Crippen LogP contribution in [0.25, 0.3) is 22.4 Å². The number of rotatable bonds is 7. The minimum atomic E-state index is -4.29. The molecule has 0 aliphatic rings. The van der Waals surface area contributed by atoms with Crippen LogP contribution in [0.1, 0.15) is 0 Å². The molecule has 0 atom stereocenters. The Balaban J connectivity index is 1.53. The summed E-state index contributed by atoms with van der Waals surface area (Å²) in [7, 11) is -2.56. The summed E-state index contributed by atoms with van der Waals surface area (Å²) in [5, 5.41) is 5.47. The van der Waals surface area contributed by atoms with Gasteiger partial charge in [0.2, 0.25) is 0 Å². The van der Waals surface area contributed by atoms with Gasteiger partial charge in [-0.15, -0.1) is 11.3 Å². The first-order valence-electron chi connectivity index (χ1n) is 10.5. The summed E-state index contributed by atoms with van der Waals surface area (Å²) in [5.41, 5.74) is 3.17. The van der Waals surface area contributed by atoms with Gasteiger partial charge in [0, 0.05) is 41.4 Å². The Hall–Kier alpha value is -3.87. The molecule has 0 radical (unpaired) electrons. The van der Waals surface area contributed by atoms with Crippen LogP contribution in [0.4, 0.5) is 14.6 Å². The Bertz CT molecular complexity index is 1710. The van der Waals surface area contributed by atoms with E-state index in [1.54, 1.807) is 48.4 Å². The van der Waals surface area contributed by atoms with E-state index >= 15 is 0 Å². The average Bonchev–Trinajstić information content (AvgIpc) is 3.53. The fourth-order valence-corrected chi connectivity index (χ4v) is 5.41. The number of ether oxygens (including phenoxy) is 1. The number of hydrogen-bond acceptors (Lipinski definition) is 7. The van der Waals surface area contributed by atoms with Crippen molar-refractivity contribution in [1.82, 2.24) is 19.7 Å². The van der Waals surface area contributed by atoms with Crippen molar-refractivity contribution >= 4 is 38.8 Å². The van der Waals surface area contributed by atoms with Crippen LogP contribution < -0.4 is 9.46 Å². The van der Waals surface area contributed by atoms with Gasteiger partial charge in [-0.1, -0.05) is 23.7 Å². The van der Waals surface area contributed by atoms with Crippen LogP contribution in [-0.4, -0.2) is 28.2 Å². The van der Waals surface area contributed by atoms with Crippen molar-refractivity contribution in [2.45, 2.75) is 4.90 Å². The lowest BCUT2D eigenvalue weighted by Crippen LogP contribution is -2.15. The summed E-state index contributed by atoms with van der Waals surface area (Å²) in [6.07, 6.45) is 4.65. The van der Waals surface area contributed by atoms with Gasteiger partial charge >= 0.3 is 0 Å². The SMILES string of the molecule is Cn1cc(-c2cc(-c3ccccc3F)ncc2Oc2cc(F)c(S(=O)(=O)Nc3cscn3)cc2Cl)cn1. The van der Waals surface area contributed by atoms with Crippen LogP contribution in [0.15, 0.2) is 76.8 Å². The van der Waals surface area contributed by atoms with E-state index in [0.29, 0.717) is 16.8 Å². The lowest BCUT2D eigenvalue weighted by Gasteiger charge is -2.14. The maximum atomic E-state index is 15.0. The molecule has 3 aromatic heterocycles. The summed E-state index contributed by atoms with van der Waals surface area (Å²) in [4.78, 5) is 7.48. The molecule has 3 heterocycles. The number of aromatic nitrogens is 4. The van der Waals surface area contributed by atoms with Crippen LogP contribution in [0.5, 0.6) is 11.5 Å². The quantitative estimate of drug-likeness (QED) is 0.257. The number of benzene rings is 2.